The molecule has 1 unspecified atom stereocenters. The van der Waals surface area contributed by atoms with Crippen molar-refractivity contribution in [1.29, 1.82) is 0 Å². The van der Waals surface area contributed by atoms with E-state index in [0.29, 0.717) is 36.6 Å². The predicted octanol–water partition coefficient (Wildman–Crippen LogP) is 2.18. The number of benzene rings is 1. The highest BCUT2D eigenvalue weighted by Crippen LogP contribution is 2.11. The van der Waals surface area contributed by atoms with E-state index in [2.05, 4.69) is 20.6 Å². The lowest BCUT2D eigenvalue weighted by molar-refractivity contribution is 0.0853. The van der Waals surface area contributed by atoms with E-state index in [1.807, 2.05) is 0 Å². The van der Waals surface area contributed by atoms with Crippen LogP contribution in [0.15, 0.2) is 36.7 Å². The summed E-state index contributed by atoms with van der Waals surface area (Å²) in [6, 6.07) is 8.25. The van der Waals surface area contributed by atoms with Crippen molar-refractivity contribution in [1.82, 2.24) is 15.3 Å². The van der Waals surface area contributed by atoms with Crippen molar-refractivity contribution in [3.63, 3.8) is 0 Å². The molecule has 7 heteroatoms. The number of halogens is 1. The molecule has 6 nitrogen and oxygen atoms in total. The van der Waals surface area contributed by atoms with Crippen LogP contribution >= 0.6 is 0 Å². The Morgan fingerprint density at radius 3 is 3.00 bits per heavy atom. The van der Waals surface area contributed by atoms with Crippen LogP contribution in [-0.2, 0) is 11.2 Å². The van der Waals surface area contributed by atoms with Crippen LogP contribution in [-0.4, -0.2) is 41.7 Å². The van der Waals surface area contributed by atoms with E-state index < -0.39 is 0 Å². The fourth-order valence-corrected chi connectivity index (χ4v) is 2.71. The highest BCUT2D eigenvalue weighted by atomic mass is 19.1. The summed E-state index contributed by atoms with van der Waals surface area (Å²) in [5.74, 6) is 0.0600. The number of carbonyl (C=O) groups excluding carboxylic acids is 1. The molecular weight excluding hydrogens is 323 g/mol. The predicted molar refractivity (Wildman–Crippen MR) is 91.9 cm³/mol. The molecule has 132 valence electrons. The van der Waals surface area contributed by atoms with E-state index in [-0.39, 0.29) is 17.8 Å². The standard InChI is InChI=1S/C18H21FN4O2/c19-15-6-2-1-4-13(15)7-8-20-17-10-16(22-12-23-17)18(24)21-11-14-5-3-9-25-14/h1-2,4,6,10,12,14H,3,5,7-9,11H2,(H,21,24)(H,20,22,23). The first kappa shape index (κ1) is 17.3. The molecule has 0 bridgehead atoms. The van der Waals surface area contributed by atoms with Crippen molar-refractivity contribution in [2.45, 2.75) is 25.4 Å². The Balaban J connectivity index is 1.50. The smallest absolute Gasteiger partial charge is 0.270 e. The van der Waals surface area contributed by atoms with Crippen LogP contribution in [0.4, 0.5) is 10.2 Å². The Bertz CT molecular complexity index is 720. The quantitative estimate of drug-likeness (QED) is 0.805. The topological polar surface area (TPSA) is 76.1 Å². The number of carbonyl (C=O) groups is 1. The number of amides is 1. The number of anilines is 1. The normalized spacial score (nSPS) is 16.6. The van der Waals surface area contributed by atoms with Gasteiger partial charge in [-0.25, -0.2) is 14.4 Å². The van der Waals surface area contributed by atoms with Crippen LogP contribution in [0, 0.1) is 5.82 Å². The van der Waals surface area contributed by atoms with E-state index >= 15 is 0 Å². The van der Waals surface area contributed by atoms with Gasteiger partial charge in [0.15, 0.2) is 0 Å². The lowest BCUT2D eigenvalue weighted by Crippen LogP contribution is -2.32. The van der Waals surface area contributed by atoms with Gasteiger partial charge in [-0.05, 0) is 30.9 Å². The molecule has 1 amide bonds. The second kappa shape index (κ2) is 8.53. The summed E-state index contributed by atoms with van der Waals surface area (Å²) in [6.45, 7) is 1.75. The monoisotopic (exact) mass is 344 g/mol. The highest BCUT2D eigenvalue weighted by molar-refractivity contribution is 5.92. The summed E-state index contributed by atoms with van der Waals surface area (Å²) in [5, 5.41) is 5.92. The SMILES string of the molecule is O=C(NCC1CCCO1)c1cc(NCCc2ccccc2F)ncn1. The lowest BCUT2D eigenvalue weighted by atomic mass is 10.1. The molecule has 3 rings (SSSR count). The Morgan fingerprint density at radius 1 is 1.32 bits per heavy atom. The first-order valence-electron chi connectivity index (χ1n) is 8.41. The van der Waals surface area contributed by atoms with Gasteiger partial charge in [0, 0.05) is 25.8 Å². The molecule has 0 radical (unpaired) electrons. The summed E-state index contributed by atoms with van der Waals surface area (Å²) >= 11 is 0. The zero-order valence-corrected chi connectivity index (χ0v) is 13.9. The number of hydrogen-bond donors (Lipinski definition) is 2. The van der Waals surface area contributed by atoms with Crippen LogP contribution in [0.1, 0.15) is 28.9 Å². The van der Waals surface area contributed by atoms with Crippen molar-refractivity contribution in [2.75, 3.05) is 25.0 Å². The van der Waals surface area contributed by atoms with Gasteiger partial charge >= 0.3 is 0 Å². The first-order chi connectivity index (χ1) is 12.2. The Hall–Kier alpha value is -2.54. The van der Waals surface area contributed by atoms with Gasteiger partial charge < -0.3 is 15.4 Å². The van der Waals surface area contributed by atoms with Crippen molar-refractivity contribution in [3.8, 4) is 0 Å². The van der Waals surface area contributed by atoms with Crippen LogP contribution in [0.25, 0.3) is 0 Å². The molecule has 1 aromatic carbocycles. The Morgan fingerprint density at radius 2 is 2.20 bits per heavy atom. The number of nitrogens with zero attached hydrogens (tertiary/aromatic N) is 2. The Labute approximate surface area is 145 Å². The summed E-state index contributed by atoms with van der Waals surface area (Å²) in [4.78, 5) is 20.3. The average Bonchev–Trinajstić information content (AvgIpc) is 3.15. The first-order valence-corrected chi connectivity index (χ1v) is 8.41. The highest BCUT2D eigenvalue weighted by Gasteiger charge is 2.17. The van der Waals surface area contributed by atoms with Crippen LogP contribution in [0.3, 0.4) is 0 Å². The molecule has 0 spiro atoms. The zero-order chi connectivity index (χ0) is 17.5. The molecule has 0 saturated carbocycles. The maximum Gasteiger partial charge on any atom is 0.270 e. The summed E-state index contributed by atoms with van der Waals surface area (Å²) in [7, 11) is 0. The minimum absolute atomic E-state index is 0.0872. The Kier molecular flexibility index (Phi) is 5.90. The number of ether oxygens (including phenoxy) is 1. The third-order valence-corrected chi connectivity index (χ3v) is 4.07. The molecule has 0 aliphatic carbocycles. The van der Waals surface area contributed by atoms with Crippen LogP contribution in [0.5, 0.6) is 0 Å². The third-order valence-electron chi connectivity index (χ3n) is 4.07. The second-order valence-electron chi connectivity index (χ2n) is 5.90. The van der Waals surface area contributed by atoms with Crippen molar-refractivity contribution < 1.29 is 13.9 Å². The molecule has 1 aliphatic rings. The van der Waals surface area contributed by atoms with Gasteiger partial charge in [-0.3, -0.25) is 4.79 Å². The average molecular weight is 344 g/mol. The van der Waals surface area contributed by atoms with E-state index in [1.165, 1.54) is 12.4 Å². The van der Waals surface area contributed by atoms with Gasteiger partial charge in [0.25, 0.3) is 5.91 Å². The van der Waals surface area contributed by atoms with E-state index in [0.717, 1.165) is 19.4 Å². The van der Waals surface area contributed by atoms with Gasteiger partial charge in [-0.1, -0.05) is 18.2 Å². The minimum Gasteiger partial charge on any atom is -0.376 e. The van der Waals surface area contributed by atoms with Crippen LogP contribution in [0.2, 0.25) is 0 Å². The molecule has 2 heterocycles. The third kappa shape index (κ3) is 4.96. The second-order valence-corrected chi connectivity index (χ2v) is 5.90. The number of hydrogen-bond acceptors (Lipinski definition) is 5. The molecular formula is C18H21FN4O2. The van der Waals surface area contributed by atoms with Gasteiger partial charge in [0.05, 0.1) is 6.10 Å². The number of rotatable bonds is 7. The van der Waals surface area contributed by atoms with Gasteiger partial charge in [-0.2, -0.15) is 0 Å². The fraction of sp³-hybridized carbons (Fsp3) is 0.389. The summed E-state index contributed by atoms with van der Waals surface area (Å²) in [6.07, 6.45) is 3.95. The van der Waals surface area contributed by atoms with Crippen molar-refractivity contribution in [2.24, 2.45) is 0 Å². The molecule has 1 saturated heterocycles. The molecule has 1 aliphatic heterocycles. The zero-order valence-electron chi connectivity index (χ0n) is 13.9. The minimum atomic E-state index is -0.255. The van der Waals surface area contributed by atoms with Crippen molar-refractivity contribution in [3.05, 3.63) is 53.7 Å². The molecule has 1 fully saturated rings. The summed E-state index contributed by atoms with van der Waals surface area (Å²) in [5.41, 5.74) is 0.931. The maximum atomic E-state index is 13.6. The van der Waals surface area contributed by atoms with Crippen molar-refractivity contribution >= 4 is 11.7 Å². The largest absolute Gasteiger partial charge is 0.376 e. The van der Waals surface area contributed by atoms with E-state index in [9.17, 15) is 9.18 Å². The van der Waals surface area contributed by atoms with Crippen LogP contribution < -0.4 is 10.6 Å². The molecule has 25 heavy (non-hydrogen) atoms. The number of aromatic nitrogens is 2. The van der Waals surface area contributed by atoms with Gasteiger partial charge in [0.2, 0.25) is 0 Å². The van der Waals surface area contributed by atoms with Gasteiger partial charge in [-0.15, -0.1) is 0 Å². The van der Waals surface area contributed by atoms with E-state index in [1.54, 1.807) is 24.3 Å². The maximum absolute atomic E-state index is 13.6. The van der Waals surface area contributed by atoms with Gasteiger partial charge in [0.1, 0.15) is 23.7 Å². The lowest BCUT2D eigenvalue weighted by Gasteiger charge is -2.11. The molecule has 1 atom stereocenters. The fourth-order valence-electron chi connectivity index (χ4n) is 2.71. The van der Waals surface area contributed by atoms with E-state index in [4.69, 9.17) is 4.74 Å². The summed E-state index contributed by atoms with van der Waals surface area (Å²) < 4.78 is 19.1. The molecule has 2 aromatic rings. The molecule has 2 N–H and O–H groups in total. The number of nitrogens with one attached hydrogen (secondary N) is 2. The molecule has 1 aromatic heterocycles.